The summed E-state index contributed by atoms with van der Waals surface area (Å²) in [6.45, 7) is 2.84. The van der Waals surface area contributed by atoms with Gasteiger partial charge in [-0.3, -0.25) is 0 Å². The molecule has 1 aromatic carbocycles. The van der Waals surface area contributed by atoms with Gasteiger partial charge >= 0.3 is 0 Å². The summed E-state index contributed by atoms with van der Waals surface area (Å²) in [6, 6.07) is 6.07. The Kier molecular flexibility index (Phi) is 4.76. The summed E-state index contributed by atoms with van der Waals surface area (Å²) in [6.07, 6.45) is 1.83. The zero-order valence-corrected chi connectivity index (χ0v) is 12.2. The molecule has 0 aliphatic rings. The molecule has 0 radical (unpaired) electrons. The third-order valence-electron chi connectivity index (χ3n) is 2.91. The van der Waals surface area contributed by atoms with Crippen molar-refractivity contribution in [2.45, 2.75) is 19.5 Å². The maximum Gasteiger partial charge on any atom is 0.127 e. The minimum atomic E-state index is 0.229. The minimum Gasteiger partial charge on any atom is -0.497 e. The van der Waals surface area contributed by atoms with Crippen LogP contribution in [-0.4, -0.2) is 19.2 Å². The van der Waals surface area contributed by atoms with Crippen molar-refractivity contribution in [2.24, 2.45) is 0 Å². The molecule has 5 heteroatoms. The Labute approximate surface area is 117 Å². The Morgan fingerprint density at radius 1 is 1.32 bits per heavy atom. The van der Waals surface area contributed by atoms with Gasteiger partial charge in [-0.1, -0.05) is 6.07 Å². The lowest BCUT2D eigenvalue weighted by Crippen LogP contribution is -2.18. The lowest BCUT2D eigenvalue weighted by Gasteiger charge is -2.14. The summed E-state index contributed by atoms with van der Waals surface area (Å²) in [5.74, 6) is 1.63. The predicted molar refractivity (Wildman–Crippen MR) is 76.9 cm³/mol. The van der Waals surface area contributed by atoms with E-state index < -0.39 is 0 Å². The van der Waals surface area contributed by atoms with Crippen LogP contribution in [0.5, 0.6) is 11.5 Å². The molecule has 0 amide bonds. The van der Waals surface area contributed by atoms with Crippen LogP contribution in [0.15, 0.2) is 29.8 Å². The summed E-state index contributed by atoms with van der Waals surface area (Å²) in [7, 11) is 3.32. The van der Waals surface area contributed by atoms with Crippen LogP contribution in [-0.2, 0) is 6.54 Å². The molecule has 1 heterocycles. The predicted octanol–water partition coefficient (Wildman–Crippen LogP) is 3.01. The summed E-state index contributed by atoms with van der Waals surface area (Å²) < 4.78 is 10.6. The topological polar surface area (TPSA) is 43.4 Å². The molecule has 1 aromatic heterocycles. The van der Waals surface area contributed by atoms with Crippen molar-refractivity contribution in [3.05, 3.63) is 40.3 Å². The number of rotatable bonds is 6. The van der Waals surface area contributed by atoms with Gasteiger partial charge in [0.2, 0.25) is 0 Å². The van der Waals surface area contributed by atoms with Gasteiger partial charge < -0.3 is 14.8 Å². The number of ether oxygens (including phenoxy) is 2. The first-order valence-electron chi connectivity index (χ1n) is 6.08. The third kappa shape index (κ3) is 3.45. The standard InChI is InChI=1S/C14H18N2O2S/c1-10(14-15-6-7-19-14)16-9-11-4-5-12(17-2)8-13(11)18-3/h4-8,10,16H,9H2,1-3H3/t10-/m1/s1. The highest BCUT2D eigenvalue weighted by Crippen LogP contribution is 2.25. The molecule has 1 atom stereocenters. The molecule has 2 aromatic rings. The van der Waals surface area contributed by atoms with E-state index in [4.69, 9.17) is 9.47 Å². The summed E-state index contributed by atoms with van der Waals surface area (Å²) in [5, 5.41) is 6.52. The summed E-state index contributed by atoms with van der Waals surface area (Å²) in [5.41, 5.74) is 1.10. The molecule has 1 N–H and O–H groups in total. The van der Waals surface area contributed by atoms with Crippen molar-refractivity contribution in [1.29, 1.82) is 0 Å². The van der Waals surface area contributed by atoms with E-state index in [1.165, 1.54) is 0 Å². The average Bonchev–Trinajstić information content (AvgIpc) is 2.98. The van der Waals surface area contributed by atoms with E-state index in [1.807, 2.05) is 29.8 Å². The molecule has 19 heavy (non-hydrogen) atoms. The molecule has 2 rings (SSSR count). The van der Waals surface area contributed by atoms with Gasteiger partial charge in [-0.05, 0) is 13.0 Å². The Hall–Kier alpha value is -1.59. The second kappa shape index (κ2) is 6.54. The first-order valence-corrected chi connectivity index (χ1v) is 6.96. The van der Waals surface area contributed by atoms with Gasteiger partial charge in [0, 0.05) is 29.8 Å². The monoisotopic (exact) mass is 278 g/mol. The average molecular weight is 278 g/mol. The summed E-state index contributed by atoms with van der Waals surface area (Å²) in [4.78, 5) is 4.30. The van der Waals surface area contributed by atoms with Crippen LogP contribution in [0.3, 0.4) is 0 Å². The van der Waals surface area contributed by atoms with Crippen LogP contribution >= 0.6 is 11.3 Å². The van der Waals surface area contributed by atoms with E-state index in [0.717, 1.165) is 28.6 Å². The Morgan fingerprint density at radius 2 is 2.16 bits per heavy atom. The fourth-order valence-electron chi connectivity index (χ4n) is 1.80. The van der Waals surface area contributed by atoms with Crippen molar-refractivity contribution in [2.75, 3.05) is 14.2 Å². The number of benzene rings is 1. The maximum absolute atomic E-state index is 5.38. The van der Waals surface area contributed by atoms with E-state index in [2.05, 4.69) is 17.2 Å². The molecule has 0 saturated carbocycles. The molecule has 0 saturated heterocycles. The minimum absolute atomic E-state index is 0.229. The zero-order valence-electron chi connectivity index (χ0n) is 11.3. The second-order valence-electron chi connectivity index (χ2n) is 4.15. The highest BCUT2D eigenvalue weighted by atomic mass is 32.1. The molecule has 0 fully saturated rings. The number of nitrogens with zero attached hydrogens (tertiary/aromatic N) is 1. The molecule has 0 spiro atoms. The van der Waals surface area contributed by atoms with Gasteiger partial charge in [0.15, 0.2) is 0 Å². The van der Waals surface area contributed by atoms with Crippen LogP contribution in [0.2, 0.25) is 0 Å². The van der Waals surface area contributed by atoms with Crippen LogP contribution in [0.25, 0.3) is 0 Å². The Morgan fingerprint density at radius 3 is 2.79 bits per heavy atom. The lowest BCUT2D eigenvalue weighted by atomic mass is 10.2. The Bertz CT molecular complexity index is 514. The van der Waals surface area contributed by atoms with Gasteiger partial charge in [-0.2, -0.15) is 0 Å². The summed E-state index contributed by atoms with van der Waals surface area (Å²) >= 11 is 1.66. The van der Waals surface area contributed by atoms with Gasteiger partial charge in [0.25, 0.3) is 0 Å². The van der Waals surface area contributed by atoms with Crippen molar-refractivity contribution in [1.82, 2.24) is 10.3 Å². The van der Waals surface area contributed by atoms with E-state index in [9.17, 15) is 0 Å². The molecule has 0 unspecified atom stereocenters. The van der Waals surface area contributed by atoms with Crippen LogP contribution in [0.1, 0.15) is 23.5 Å². The number of methoxy groups -OCH3 is 2. The van der Waals surface area contributed by atoms with Gasteiger partial charge in [-0.25, -0.2) is 4.98 Å². The Balaban J connectivity index is 2.03. The van der Waals surface area contributed by atoms with Crippen LogP contribution in [0.4, 0.5) is 0 Å². The molecule has 102 valence electrons. The molecule has 0 aliphatic carbocycles. The molecule has 0 aliphatic heterocycles. The number of thiazole rings is 1. The van der Waals surface area contributed by atoms with Crippen molar-refractivity contribution >= 4 is 11.3 Å². The molecule has 0 bridgehead atoms. The zero-order chi connectivity index (χ0) is 13.7. The molecular weight excluding hydrogens is 260 g/mol. The highest BCUT2D eigenvalue weighted by Gasteiger charge is 2.10. The fraction of sp³-hybridized carbons (Fsp3) is 0.357. The van der Waals surface area contributed by atoms with Crippen molar-refractivity contribution in [3.63, 3.8) is 0 Å². The van der Waals surface area contributed by atoms with E-state index in [0.29, 0.717) is 0 Å². The smallest absolute Gasteiger partial charge is 0.127 e. The van der Waals surface area contributed by atoms with Crippen molar-refractivity contribution in [3.8, 4) is 11.5 Å². The van der Waals surface area contributed by atoms with E-state index >= 15 is 0 Å². The fourth-order valence-corrected chi connectivity index (χ4v) is 2.47. The van der Waals surface area contributed by atoms with Gasteiger partial charge in [-0.15, -0.1) is 11.3 Å². The number of nitrogens with one attached hydrogen (secondary N) is 1. The SMILES string of the molecule is COc1ccc(CN[C@H](C)c2nccs2)c(OC)c1. The number of hydrogen-bond donors (Lipinski definition) is 1. The quantitative estimate of drug-likeness (QED) is 0.882. The van der Waals surface area contributed by atoms with Crippen LogP contribution in [0, 0.1) is 0 Å². The maximum atomic E-state index is 5.38. The highest BCUT2D eigenvalue weighted by molar-refractivity contribution is 7.09. The number of hydrogen-bond acceptors (Lipinski definition) is 5. The normalized spacial score (nSPS) is 12.2. The van der Waals surface area contributed by atoms with E-state index in [-0.39, 0.29) is 6.04 Å². The van der Waals surface area contributed by atoms with Gasteiger partial charge in [0.1, 0.15) is 16.5 Å². The van der Waals surface area contributed by atoms with E-state index in [1.54, 1.807) is 25.6 Å². The van der Waals surface area contributed by atoms with Crippen molar-refractivity contribution < 1.29 is 9.47 Å². The lowest BCUT2D eigenvalue weighted by molar-refractivity contribution is 0.389. The molecular formula is C14H18N2O2S. The first-order chi connectivity index (χ1) is 9.24. The molecule has 4 nitrogen and oxygen atoms in total. The largest absolute Gasteiger partial charge is 0.497 e. The number of aromatic nitrogens is 1. The van der Waals surface area contributed by atoms with Crippen LogP contribution < -0.4 is 14.8 Å². The van der Waals surface area contributed by atoms with Gasteiger partial charge in [0.05, 0.1) is 20.3 Å². The first kappa shape index (κ1) is 13.8. The second-order valence-corrected chi connectivity index (χ2v) is 5.08. The third-order valence-corrected chi connectivity index (χ3v) is 3.87.